The fourth-order valence-electron chi connectivity index (χ4n) is 3.64. The Kier molecular flexibility index (Phi) is 4.03. The maximum atomic E-state index is 4.85. The molecule has 2 aliphatic rings. The molecule has 2 nitrogen and oxygen atoms in total. The summed E-state index contributed by atoms with van der Waals surface area (Å²) < 4.78 is 2.47. The van der Waals surface area contributed by atoms with Gasteiger partial charge in [0.05, 0.1) is 15.2 Å². The molecule has 21 heavy (non-hydrogen) atoms. The standard InChI is InChI=1S/C17H21BrN2S/c18-13-5-6-15-16(11-13)21-17(19-15)12-9-14(10-12)20-7-3-1-2-4-8-20/h5-6,11-12,14H,1-4,7-10H2/t12-,14+. The summed E-state index contributed by atoms with van der Waals surface area (Å²) in [5.41, 5.74) is 1.16. The van der Waals surface area contributed by atoms with Crippen LogP contribution in [0.3, 0.4) is 0 Å². The van der Waals surface area contributed by atoms with Crippen LogP contribution < -0.4 is 0 Å². The average molecular weight is 365 g/mol. The second-order valence-electron chi connectivity index (χ2n) is 6.44. The lowest BCUT2D eigenvalue weighted by atomic mass is 9.79. The number of benzene rings is 1. The molecule has 1 aromatic heterocycles. The van der Waals surface area contributed by atoms with Crippen LogP contribution in [0.2, 0.25) is 0 Å². The largest absolute Gasteiger partial charge is 0.300 e. The van der Waals surface area contributed by atoms with Gasteiger partial charge in [-0.1, -0.05) is 28.8 Å². The number of thiazole rings is 1. The van der Waals surface area contributed by atoms with Gasteiger partial charge in [-0.15, -0.1) is 11.3 Å². The molecule has 1 aromatic carbocycles. The maximum absolute atomic E-state index is 4.85. The van der Waals surface area contributed by atoms with Gasteiger partial charge in [-0.3, -0.25) is 0 Å². The molecule has 112 valence electrons. The van der Waals surface area contributed by atoms with Gasteiger partial charge >= 0.3 is 0 Å². The van der Waals surface area contributed by atoms with E-state index in [1.54, 1.807) is 0 Å². The third kappa shape index (κ3) is 2.90. The lowest BCUT2D eigenvalue weighted by Gasteiger charge is -2.42. The van der Waals surface area contributed by atoms with E-state index >= 15 is 0 Å². The molecule has 0 atom stereocenters. The molecule has 2 heterocycles. The highest BCUT2D eigenvalue weighted by Gasteiger charge is 2.36. The van der Waals surface area contributed by atoms with Crippen LogP contribution in [0, 0.1) is 0 Å². The van der Waals surface area contributed by atoms with Gasteiger partial charge in [0.15, 0.2) is 0 Å². The first-order valence-corrected chi connectivity index (χ1v) is 9.70. The SMILES string of the molecule is Brc1ccc2nc([C@H]3C[C@@H](N4CCCCCC4)C3)sc2c1. The molecule has 1 aliphatic heterocycles. The zero-order chi connectivity index (χ0) is 14.2. The van der Waals surface area contributed by atoms with E-state index in [-0.39, 0.29) is 0 Å². The van der Waals surface area contributed by atoms with E-state index in [1.165, 1.54) is 61.3 Å². The van der Waals surface area contributed by atoms with Gasteiger partial charge in [0.2, 0.25) is 0 Å². The van der Waals surface area contributed by atoms with Crippen LogP contribution in [0.4, 0.5) is 0 Å². The molecule has 0 amide bonds. The first-order chi connectivity index (χ1) is 10.3. The van der Waals surface area contributed by atoms with Crippen molar-refractivity contribution in [3.8, 4) is 0 Å². The Bertz CT molecular complexity index is 625. The van der Waals surface area contributed by atoms with Gasteiger partial charge in [-0.25, -0.2) is 4.98 Å². The summed E-state index contributed by atoms with van der Waals surface area (Å²) in [6.45, 7) is 2.65. The number of likely N-dealkylation sites (tertiary alicyclic amines) is 1. The Labute approximate surface area is 138 Å². The molecule has 0 spiro atoms. The van der Waals surface area contributed by atoms with E-state index < -0.39 is 0 Å². The fraction of sp³-hybridized carbons (Fsp3) is 0.588. The van der Waals surface area contributed by atoms with Crippen molar-refractivity contribution in [3.05, 3.63) is 27.7 Å². The molecule has 2 fully saturated rings. The van der Waals surface area contributed by atoms with Crippen molar-refractivity contribution in [2.24, 2.45) is 0 Å². The van der Waals surface area contributed by atoms with Crippen molar-refractivity contribution >= 4 is 37.5 Å². The summed E-state index contributed by atoms with van der Waals surface area (Å²) in [7, 11) is 0. The van der Waals surface area contributed by atoms with Crippen LogP contribution in [0.25, 0.3) is 10.2 Å². The van der Waals surface area contributed by atoms with Gasteiger partial charge in [0.25, 0.3) is 0 Å². The first kappa shape index (κ1) is 14.2. The molecule has 2 aromatic rings. The van der Waals surface area contributed by atoms with Crippen LogP contribution in [-0.4, -0.2) is 29.0 Å². The quantitative estimate of drug-likeness (QED) is 0.729. The van der Waals surface area contributed by atoms with Gasteiger partial charge in [0.1, 0.15) is 0 Å². The maximum Gasteiger partial charge on any atom is 0.0970 e. The highest BCUT2D eigenvalue weighted by Crippen LogP contribution is 2.43. The Balaban J connectivity index is 1.43. The van der Waals surface area contributed by atoms with Gasteiger partial charge < -0.3 is 4.90 Å². The molecule has 0 unspecified atom stereocenters. The van der Waals surface area contributed by atoms with Crippen LogP contribution in [0.1, 0.15) is 49.5 Å². The van der Waals surface area contributed by atoms with Crippen molar-refractivity contribution in [3.63, 3.8) is 0 Å². The van der Waals surface area contributed by atoms with Crippen LogP contribution in [-0.2, 0) is 0 Å². The van der Waals surface area contributed by atoms with Gasteiger partial charge in [0, 0.05) is 16.4 Å². The molecule has 4 heteroatoms. The lowest BCUT2D eigenvalue weighted by Crippen LogP contribution is -2.44. The zero-order valence-corrected chi connectivity index (χ0v) is 14.6. The van der Waals surface area contributed by atoms with Gasteiger partial charge in [-0.2, -0.15) is 0 Å². The summed E-state index contributed by atoms with van der Waals surface area (Å²) in [6.07, 6.45) is 8.30. The number of rotatable bonds is 2. The number of halogens is 1. The third-order valence-corrected chi connectivity index (χ3v) is 6.66. The lowest BCUT2D eigenvalue weighted by molar-refractivity contribution is 0.113. The second-order valence-corrected chi connectivity index (χ2v) is 8.41. The number of hydrogen-bond acceptors (Lipinski definition) is 3. The smallest absolute Gasteiger partial charge is 0.0970 e. The minimum Gasteiger partial charge on any atom is -0.300 e. The van der Waals surface area contributed by atoms with Crippen LogP contribution in [0.15, 0.2) is 22.7 Å². The number of hydrogen-bond donors (Lipinski definition) is 0. The molecular formula is C17H21BrN2S. The molecule has 1 saturated carbocycles. The zero-order valence-electron chi connectivity index (χ0n) is 12.2. The van der Waals surface area contributed by atoms with E-state index in [1.807, 2.05) is 11.3 Å². The predicted molar refractivity (Wildman–Crippen MR) is 93.1 cm³/mol. The molecule has 1 aliphatic carbocycles. The summed E-state index contributed by atoms with van der Waals surface area (Å²) in [6, 6.07) is 7.24. The second kappa shape index (κ2) is 5.98. The highest BCUT2D eigenvalue weighted by molar-refractivity contribution is 9.10. The number of fused-ring (bicyclic) bond motifs is 1. The van der Waals surface area contributed by atoms with E-state index in [0.29, 0.717) is 5.92 Å². The van der Waals surface area contributed by atoms with Crippen molar-refractivity contribution < 1.29 is 0 Å². The predicted octanol–water partition coefficient (Wildman–Crippen LogP) is 5.18. The highest BCUT2D eigenvalue weighted by atomic mass is 79.9. The van der Waals surface area contributed by atoms with E-state index in [9.17, 15) is 0 Å². The normalized spacial score (nSPS) is 27.5. The topological polar surface area (TPSA) is 16.1 Å². The Morgan fingerprint density at radius 3 is 2.62 bits per heavy atom. The molecule has 0 bridgehead atoms. The third-order valence-electron chi connectivity index (χ3n) is 4.99. The van der Waals surface area contributed by atoms with Crippen molar-refractivity contribution in [2.75, 3.05) is 13.1 Å². The molecule has 4 rings (SSSR count). The average Bonchev–Trinajstić information content (AvgIpc) is 2.65. The summed E-state index contributed by atoms with van der Waals surface area (Å²) in [5.74, 6) is 0.703. The minimum atomic E-state index is 0.703. The first-order valence-electron chi connectivity index (χ1n) is 8.09. The van der Waals surface area contributed by atoms with E-state index in [2.05, 4.69) is 39.0 Å². The fourth-order valence-corrected chi connectivity index (χ4v) is 5.28. The van der Waals surface area contributed by atoms with Crippen molar-refractivity contribution in [1.82, 2.24) is 9.88 Å². The molecule has 0 radical (unpaired) electrons. The summed E-state index contributed by atoms with van der Waals surface area (Å²) in [5, 5.41) is 1.36. The van der Waals surface area contributed by atoms with Crippen LogP contribution in [0.5, 0.6) is 0 Å². The summed E-state index contributed by atoms with van der Waals surface area (Å²) >= 11 is 5.44. The van der Waals surface area contributed by atoms with E-state index in [4.69, 9.17) is 4.98 Å². The monoisotopic (exact) mass is 364 g/mol. The molecular weight excluding hydrogens is 344 g/mol. The Hall–Kier alpha value is -0.450. The molecule has 1 saturated heterocycles. The Morgan fingerprint density at radius 1 is 1.10 bits per heavy atom. The number of aromatic nitrogens is 1. The Morgan fingerprint density at radius 2 is 1.86 bits per heavy atom. The van der Waals surface area contributed by atoms with Crippen LogP contribution >= 0.6 is 27.3 Å². The van der Waals surface area contributed by atoms with Crippen molar-refractivity contribution in [1.29, 1.82) is 0 Å². The number of nitrogens with zero attached hydrogens (tertiary/aromatic N) is 2. The van der Waals surface area contributed by atoms with E-state index in [0.717, 1.165) is 16.0 Å². The minimum absolute atomic E-state index is 0.703. The van der Waals surface area contributed by atoms with Gasteiger partial charge in [-0.05, 0) is 57.0 Å². The van der Waals surface area contributed by atoms with Crippen molar-refractivity contribution in [2.45, 2.75) is 50.5 Å². The summed E-state index contributed by atoms with van der Waals surface area (Å²) in [4.78, 5) is 7.60. The molecule has 0 N–H and O–H groups in total.